The van der Waals surface area contributed by atoms with Crippen molar-refractivity contribution in [3.05, 3.63) is 23.8 Å². The molecule has 0 N–H and O–H groups in total. The van der Waals surface area contributed by atoms with E-state index in [2.05, 4.69) is 20.9 Å². The highest BCUT2D eigenvalue weighted by atomic mass is 79.9. The van der Waals surface area contributed by atoms with Gasteiger partial charge in [-0.3, -0.25) is 0 Å². The Morgan fingerprint density at radius 2 is 2.36 bits per heavy atom. The summed E-state index contributed by atoms with van der Waals surface area (Å²) in [5.41, 5.74) is 0.656. The van der Waals surface area contributed by atoms with E-state index in [9.17, 15) is 4.39 Å². The molecule has 60 valence electrons. The van der Waals surface area contributed by atoms with Crippen molar-refractivity contribution in [1.82, 2.24) is 4.98 Å². The monoisotopic (exact) mass is 219 g/mol. The summed E-state index contributed by atoms with van der Waals surface area (Å²) >= 11 is 3.17. The van der Waals surface area contributed by atoms with E-state index in [1.807, 2.05) is 0 Å². The summed E-state index contributed by atoms with van der Waals surface area (Å²) in [4.78, 5) is 3.62. The molecule has 0 atom stereocenters. The summed E-state index contributed by atoms with van der Waals surface area (Å²) in [5.74, 6) is -0.390. The molecule has 11 heavy (non-hydrogen) atoms. The van der Waals surface area contributed by atoms with Crippen LogP contribution in [0.1, 0.15) is 5.69 Å². The lowest BCUT2D eigenvalue weighted by atomic mass is 10.4. The fourth-order valence-electron chi connectivity index (χ4n) is 0.686. The van der Waals surface area contributed by atoms with Crippen LogP contribution in [0.5, 0.6) is 5.75 Å². The van der Waals surface area contributed by atoms with E-state index in [4.69, 9.17) is 4.74 Å². The third-order valence-electron chi connectivity index (χ3n) is 1.23. The Labute approximate surface area is 72.5 Å². The summed E-state index contributed by atoms with van der Waals surface area (Å²) in [6.07, 6.45) is 0. The quantitative estimate of drug-likeness (QED) is 0.562. The van der Waals surface area contributed by atoms with Crippen LogP contribution in [-0.2, 0) is 5.33 Å². The molecule has 0 saturated heterocycles. The molecule has 0 bridgehead atoms. The fraction of sp³-hybridized carbons (Fsp3) is 0.286. The molecule has 0 fully saturated rings. The molecule has 0 amide bonds. The van der Waals surface area contributed by atoms with Crippen LogP contribution >= 0.6 is 15.9 Å². The molecule has 0 aromatic carbocycles. The van der Waals surface area contributed by atoms with E-state index in [1.165, 1.54) is 7.11 Å². The summed E-state index contributed by atoms with van der Waals surface area (Å²) in [6.45, 7) is 0. The second-order valence-corrected chi connectivity index (χ2v) is 2.49. The first-order valence-corrected chi connectivity index (χ1v) is 4.15. The van der Waals surface area contributed by atoms with Crippen LogP contribution in [0.4, 0.5) is 4.39 Å². The second-order valence-electron chi connectivity index (χ2n) is 1.93. The molecule has 4 heteroatoms. The summed E-state index contributed by atoms with van der Waals surface area (Å²) in [6, 6.07) is 3.26. The van der Waals surface area contributed by atoms with Gasteiger partial charge in [0.2, 0.25) is 0 Å². The lowest BCUT2D eigenvalue weighted by Gasteiger charge is -2.00. The van der Waals surface area contributed by atoms with Gasteiger partial charge in [-0.25, -0.2) is 4.98 Å². The number of halogens is 2. The number of hydrogen-bond acceptors (Lipinski definition) is 2. The Morgan fingerprint density at radius 1 is 1.64 bits per heavy atom. The van der Waals surface area contributed by atoms with Crippen LogP contribution in [0.15, 0.2) is 12.1 Å². The maximum Gasteiger partial charge on any atom is 0.255 e. The zero-order chi connectivity index (χ0) is 8.27. The maximum absolute atomic E-state index is 12.8. The van der Waals surface area contributed by atoms with Crippen molar-refractivity contribution in [1.29, 1.82) is 0 Å². The minimum absolute atomic E-state index is 0.176. The van der Waals surface area contributed by atoms with Gasteiger partial charge < -0.3 is 4.74 Å². The van der Waals surface area contributed by atoms with Gasteiger partial charge in [0.1, 0.15) is 0 Å². The largest absolute Gasteiger partial charge is 0.492 e. The molecular formula is C7H7BrFNO. The topological polar surface area (TPSA) is 22.1 Å². The van der Waals surface area contributed by atoms with Crippen molar-refractivity contribution >= 4 is 15.9 Å². The fourth-order valence-corrected chi connectivity index (χ4v) is 0.998. The van der Waals surface area contributed by atoms with Gasteiger partial charge in [-0.1, -0.05) is 15.9 Å². The molecule has 0 aliphatic rings. The Morgan fingerprint density at radius 3 is 2.82 bits per heavy atom. The standard InChI is InChI=1S/C7H7BrFNO/c1-11-6-3-2-5(4-8)10-7(6)9/h2-3H,4H2,1H3. The van der Waals surface area contributed by atoms with Crippen molar-refractivity contribution in [2.24, 2.45) is 0 Å². The second kappa shape index (κ2) is 3.67. The molecule has 0 aliphatic heterocycles. The number of pyridine rings is 1. The van der Waals surface area contributed by atoms with Gasteiger partial charge >= 0.3 is 0 Å². The molecule has 0 radical (unpaired) electrons. The Hall–Kier alpha value is -0.640. The lowest BCUT2D eigenvalue weighted by molar-refractivity contribution is 0.377. The van der Waals surface area contributed by atoms with Gasteiger partial charge in [0, 0.05) is 5.33 Å². The van der Waals surface area contributed by atoms with Gasteiger partial charge in [-0.15, -0.1) is 0 Å². The molecule has 1 aromatic heterocycles. The van der Waals surface area contributed by atoms with Crippen LogP contribution in [0, 0.1) is 5.95 Å². The first-order chi connectivity index (χ1) is 5.27. The maximum atomic E-state index is 12.8. The predicted molar refractivity (Wildman–Crippen MR) is 43.4 cm³/mol. The number of nitrogens with zero attached hydrogens (tertiary/aromatic N) is 1. The van der Waals surface area contributed by atoms with Crippen molar-refractivity contribution < 1.29 is 9.13 Å². The third-order valence-corrected chi connectivity index (χ3v) is 1.80. The average Bonchev–Trinajstić information content (AvgIpc) is 2.04. The Balaban J connectivity index is 2.99. The summed E-state index contributed by atoms with van der Waals surface area (Å²) in [5, 5.41) is 0.550. The lowest BCUT2D eigenvalue weighted by Crippen LogP contribution is -1.94. The molecule has 0 spiro atoms. The summed E-state index contributed by atoms with van der Waals surface area (Å²) in [7, 11) is 1.41. The van der Waals surface area contributed by atoms with Gasteiger partial charge in [-0.2, -0.15) is 4.39 Å². The first-order valence-electron chi connectivity index (χ1n) is 3.03. The van der Waals surface area contributed by atoms with E-state index < -0.39 is 5.95 Å². The van der Waals surface area contributed by atoms with Gasteiger partial charge in [0.15, 0.2) is 5.75 Å². The SMILES string of the molecule is COc1ccc(CBr)nc1F. The van der Waals surface area contributed by atoms with E-state index in [-0.39, 0.29) is 5.75 Å². The van der Waals surface area contributed by atoms with Crippen LogP contribution in [0.25, 0.3) is 0 Å². The number of hydrogen-bond donors (Lipinski definition) is 0. The minimum atomic E-state index is -0.565. The normalized spacial score (nSPS) is 9.73. The summed E-state index contributed by atoms with van der Waals surface area (Å²) < 4.78 is 17.5. The van der Waals surface area contributed by atoms with E-state index in [0.717, 1.165) is 0 Å². The smallest absolute Gasteiger partial charge is 0.255 e. The molecule has 1 rings (SSSR count). The van der Waals surface area contributed by atoms with Crippen LogP contribution in [-0.4, -0.2) is 12.1 Å². The number of methoxy groups -OCH3 is 1. The number of ether oxygens (including phenoxy) is 1. The molecular weight excluding hydrogens is 213 g/mol. The highest BCUT2D eigenvalue weighted by Crippen LogP contribution is 2.15. The zero-order valence-corrected chi connectivity index (χ0v) is 7.56. The third kappa shape index (κ3) is 1.89. The van der Waals surface area contributed by atoms with Gasteiger partial charge in [0.25, 0.3) is 5.95 Å². The molecule has 0 aliphatic carbocycles. The van der Waals surface area contributed by atoms with Crippen molar-refractivity contribution in [2.45, 2.75) is 5.33 Å². The van der Waals surface area contributed by atoms with Crippen LogP contribution < -0.4 is 4.74 Å². The minimum Gasteiger partial charge on any atom is -0.492 e. The average molecular weight is 220 g/mol. The van der Waals surface area contributed by atoms with Gasteiger partial charge in [0.05, 0.1) is 12.8 Å². The van der Waals surface area contributed by atoms with Gasteiger partial charge in [-0.05, 0) is 12.1 Å². The zero-order valence-electron chi connectivity index (χ0n) is 5.97. The number of aromatic nitrogens is 1. The molecule has 2 nitrogen and oxygen atoms in total. The number of alkyl halides is 1. The van der Waals surface area contributed by atoms with Crippen molar-refractivity contribution in [3.63, 3.8) is 0 Å². The van der Waals surface area contributed by atoms with E-state index in [1.54, 1.807) is 12.1 Å². The highest BCUT2D eigenvalue weighted by molar-refractivity contribution is 9.08. The molecule has 1 aromatic rings. The van der Waals surface area contributed by atoms with Crippen LogP contribution in [0.2, 0.25) is 0 Å². The van der Waals surface area contributed by atoms with E-state index >= 15 is 0 Å². The van der Waals surface area contributed by atoms with Crippen molar-refractivity contribution in [2.75, 3.05) is 7.11 Å². The number of rotatable bonds is 2. The predicted octanol–water partition coefficient (Wildman–Crippen LogP) is 2.12. The molecule has 1 heterocycles. The van der Waals surface area contributed by atoms with Crippen LogP contribution in [0.3, 0.4) is 0 Å². The Kier molecular flexibility index (Phi) is 2.82. The molecule has 0 unspecified atom stereocenters. The van der Waals surface area contributed by atoms with Crippen molar-refractivity contribution in [3.8, 4) is 5.75 Å². The first kappa shape index (κ1) is 8.46. The highest BCUT2D eigenvalue weighted by Gasteiger charge is 2.03. The molecule has 0 saturated carbocycles. The van der Waals surface area contributed by atoms with E-state index in [0.29, 0.717) is 11.0 Å². The Bertz CT molecular complexity index is 254.